The number of nitrogens with one attached hydrogen (secondary N) is 2. The van der Waals surface area contributed by atoms with E-state index >= 15 is 0 Å². The van der Waals surface area contributed by atoms with Crippen LogP contribution in [0.1, 0.15) is 16.7 Å². The van der Waals surface area contributed by atoms with E-state index in [4.69, 9.17) is 26.4 Å². The Kier molecular flexibility index (Phi) is 10.1. The zero-order valence-electron chi connectivity index (χ0n) is 20.3. The van der Waals surface area contributed by atoms with E-state index in [-0.39, 0.29) is 0 Å². The van der Waals surface area contributed by atoms with E-state index in [0.717, 1.165) is 56.1 Å². The van der Waals surface area contributed by atoms with E-state index in [0.29, 0.717) is 29.8 Å². The number of thiocarbonyl (C=S) groups is 1. The standard InChI is InChI=1S/C28H32N4O3S/c36-28(29-13-14-32-15-17-33-18-16-32)31-30-20-25-11-12-26(34-21-23-7-3-1-4-8-23)27(19-25)35-22-24-9-5-2-6-10-24/h1-12,19-20H,13-18,21-22H2,(H2,29,31,36). The number of ether oxygens (including phenoxy) is 3. The molecule has 188 valence electrons. The summed E-state index contributed by atoms with van der Waals surface area (Å²) in [6.45, 7) is 6.08. The Morgan fingerprint density at radius 2 is 1.53 bits per heavy atom. The molecule has 8 heteroatoms. The van der Waals surface area contributed by atoms with Crippen molar-refractivity contribution in [2.45, 2.75) is 13.2 Å². The van der Waals surface area contributed by atoms with Crippen molar-refractivity contribution in [3.05, 3.63) is 95.6 Å². The smallest absolute Gasteiger partial charge is 0.187 e. The minimum Gasteiger partial charge on any atom is -0.485 e. The topological polar surface area (TPSA) is 67.4 Å². The number of benzene rings is 3. The van der Waals surface area contributed by atoms with Gasteiger partial charge in [0, 0.05) is 26.2 Å². The Morgan fingerprint density at radius 1 is 0.889 bits per heavy atom. The van der Waals surface area contributed by atoms with Gasteiger partial charge in [0.05, 0.1) is 19.4 Å². The predicted molar refractivity (Wildman–Crippen MR) is 147 cm³/mol. The molecule has 0 aromatic heterocycles. The van der Waals surface area contributed by atoms with Crippen molar-refractivity contribution in [3.8, 4) is 11.5 Å². The van der Waals surface area contributed by atoms with Crippen molar-refractivity contribution < 1.29 is 14.2 Å². The molecule has 0 bridgehead atoms. The summed E-state index contributed by atoms with van der Waals surface area (Å²) in [6, 6.07) is 25.9. The van der Waals surface area contributed by atoms with Gasteiger partial charge in [-0.1, -0.05) is 60.7 Å². The summed E-state index contributed by atoms with van der Waals surface area (Å²) in [5.41, 5.74) is 5.93. The molecule has 1 fully saturated rings. The molecule has 0 unspecified atom stereocenters. The minimum absolute atomic E-state index is 0.443. The third-order valence-electron chi connectivity index (χ3n) is 5.64. The van der Waals surface area contributed by atoms with E-state index in [1.165, 1.54) is 0 Å². The van der Waals surface area contributed by atoms with Crippen LogP contribution in [0.4, 0.5) is 0 Å². The third-order valence-corrected chi connectivity index (χ3v) is 5.87. The first-order valence-electron chi connectivity index (χ1n) is 12.1. The summed E-state index contributed by atoms with van der Waals surface area (Å²) >= 11 is 5.34. The van der Waals surface area contributed by atoms with Crippen molar-refractivity contribution in [2.24, 2.45) is 5.10 Å². The monoisotopic (exact) mass is 504 g/mol. The Morgan fingerprint density at radius 3 is 2.19 bits per heavy atom. The van der Waals surface area contributed by atoms with Gasteiger partial charge in [-0.25, -0.2) is 0 Å². The van der Waals surface area contributed by atoms with Crippen LogP contribution in [0.15, 0.2) is 84.0 Å². The van der Waals surface area contributed by atoms with E-state index < -0.39 is 0 Å². The molecule has 1 heterocycles. The highest BCUT2D eigenvalue weighted by atomic mass is 32.1. The van der Waals surface area contributed by atoms with Gasteiger partial charge in [0.25, 0.3) is 0 Å². The molecule has 1 aliphatic heterocycles. The predicted octanol–water partition coefficient (Wildman–Crippen LogP) is 3.97. The van der Waals surface area contributed by atoms with E-state index in [2.05, 4.69) is 20.7 Å². The van der Waals surface area contributed by atoms with E-state index in [9.17, 15) is 0 Å². The van der Waals surface area contributed by atoms with Crippen LogP contribution in [0.2, 0.25) is 0 Å². The fourth-order valence-electron chi connectivity index (χ4n) is 3.66. The van der Waals surface area contributed by atoms with Gasteiger partial charge in [0.2, 0.25) is 0 Å². The van der Waals surface area contributed by atoms with E-state index in [1.54, 1.807) is 6.21 Å². The van der Waals surface area contributed by atoms with Gasteiger partial charge in [0.15, 0.2) is 16.6 Å². The molecule has 0 amide bonds. The molecule has 3 aromatic carbocycles. The number of morpholine rings is 1. The zero-order valence-corrected chi connectivity index (χ0v) is 21.1. The van der Waals surface area contributed by atoms with E-state index in [1.807, 2.05) is 78.9 Å². The molecule has 3 aromatic rings. The first-order valence-corrected chi connectivity index (χ1v) is 12.5. The molecule has 4 rings (SSSR count). The van der Waals surface area contributed by atoms with Crippen molar-refractivity contribution in [2.75, 3.05) is 39.4 Å². The molecule has 1 aliphatic rings. The summed E-state index contributed by atoms with van der Waals surface area (Å²) in [5.74, 6) is 1.34. The second-order valence-electron chi connectivity index (χ2n) is 8.33. The lowest BCUT2D eigenvalue weighted by molar-refractivity contribution is 0.0389. The normalized spacial score (nSPS) is 13.9. The van der Waals surface area contributed by atoms with Gasteiger partial charge in [0.1, 0.15) is 13.2 Å². The SMILES string of the molecule is S=C(NCCN1CCOCC1)NN=Cc1ccc(OCc2ccccc2)c(OCc2ccccc2)c1. The highest BCUT2D eigenvalue weighted by molar-refractivity contribution is 7.80. The summed E-state index contributed by atoms with van der Waals surface area (Å²) in [5, 5.41) is 7.96. The Hall–Kier alpha value is -3.46. The molecule has 0 saturated carbocycles. The molecule has 7 nitrogen and oxygen atoms in total. The summed E-state index contributed by atoms with van der Waals surface area (Å²) in [7, 11) is 0. The molecule has 0 radical (unpaired) electrons. The lowest BCUT2D eigenvalue weighted by atomic mass is 10.2. The van der Waals surface area contributed by atoms with Crippen molar-refractivity contribution in [1.82, 2.24) is 15.6 Å². The summed E-state index contributed by atoms with van der Waals surface area (Å²) < 4.78 is 17.6. The second-order valence-corrected chi connectivity index (χ2v) is 8.74. The number of hydrogen-bond donors (Lipinski definition) is 2. The first kappa shape index (κ1) is 25.6. The Balaban J connectivity index is 1.33. The van der Waals surface area contributed by atoms with Crippen molar-refractivity contribution in [1.29, 1.82) is 0 Å². The average molecular weight is 505 g/mol. The highest BCUT2D eigenvalue weighted by Crippen LogP contribution is 2.29. The fourth-order valence-corrected chi connectivity index (χ4v) is 3.82. The largest absolute Gasteiger partial charge is 0.485 e. The van der Waals surface area contributed by atoms with Crippen molar-refractivity contribution >= 4 is 23.5 Å². The quantitative estimate of drug-likeness (QED) is 0.233. The van der Waals surface area contributed by atoms with Gasteiger partial charge in [-0.2, -0.15) is 5.10 Å². The summed E-state index contributed by atoms with van der Waals surface area (Å²) in [4.78, 5) is 2.35. The number of rotatable bonds is 11. The molecular weight excluding hydrogens is 472 g/mol. The molecule has 1 saturated heterocycles. The second kappa shape index (κ2) is 14.2. The van der Waals surface area contributed by atoms with Gasteiger partial charge in [-0.3, -0.25) is 10.3 Å². The van der Waals surface area contributed by atoms with Crippen LogP contribution < -0.4 is 20.2 Å². The number of hydrogen-bond acceptors (Lipinski definition) is 6. The van der Waals surface area contributed by atoms with Crippen LogP contribution in [-0.2, 0) is 18.0 Å². The molecular formula is C28H32N4O3S. The summed E-state index contributed by atoms with van der Waals surface area (Å²) in [6.07, 6.45) is 1.71. The van der Waals surface area contributed by atoms with Gasteiger partial charge >= 0.3 is 0 Å². The number of hydrazone groups is 1. The minimum atomic E-state index is 0.443. The lowest BCUT2D eigenvalue weighted by Crippen LogP contribution is -2.42. The van der Waals surface area contributed by atoms with Crippen LogP contribution >= 0.6 is 12.2 Å². The average Bonchev–Trinajstić information content (AvgIpc) is 2.93. The zero-order chi connectivity index (χ0) is 24.8. The molecule has 2 N–H and O–H groups in total. The maximum absolute atomic E-state index is 6.13. The molecule has 0 atom stereocenters. The van der Waals surface area contributed by atoms with Crippen LogP contribution in [0, 0.1) is 0 Å². The lowest BCUT2D eigenvalue weighted by Gasteiger charge is -2.26. The molecule has 0 spiro atoms. The highest BCUT2D eigenvalue weighted by Gasteiger charge is 2.10. The van der Waals surface area contributed by atoms with Gasteiger partial charge < -0.3 is 19.5 Å². The maximum Gasteiger partial charge on any atom is 0.187 e. The van der Waals surface area contributed by atoms with Crippen molar-refractivity contribution in [3.63, 3.8) is 0 Å². The van der Waals surface area contributed by atoms with Gasteiger partial charge in [-0.15, -0.1) is 0 Å². The molecule has 36 heavy (non-hydrogen) atoms. The van der Waals surface area contributed by atoms with Crippen LogP contribution in [0.25, 0.3) is 0 Å². The van der Waals surface area contributed by atoms with Gasteiger partial charge in [-0.05, 0) is 47.1 Å². The first-order chi connectivity index (χ1) is 17.8. The van der Waals surface area contributed by atoms with Crippen LogP contribution in [-0.4, -0.2) is 55.6 Å². The third kappa shape index (κ3) is 8.64. The molecule has 0 aliphatic carbocycles. The van der Waals surface area contributed by atoms with Crippen LogP contribution in [0.5, 0.6) is 11.5 Å². The number of nitrogens with zero attached hydrogens (tertiary/aromatic N) is 2. The van der Waals surface area contributed by atoms with Crippen LogP contribution in [0.3, 0.4) is 0 Å². The Labute approximate surface area is 218 Å². The Bertz CT molecular complexity index is 1110. The fraction of sp³-hybridized carbons (Fsp3) is 0.286. The maximum atomic E-state index is 6.13.